The second-order valence-corrected chi connectivity index (χ2v) is 11.1. The van der Waals surface area contributed by atoms with Crippen molar-refractivity contribution in [3.63, 3.8) is 0 Å². The van der Waals surface area contributed by atoms with E-state index in [1.165, 1.54) is 23.8 Å². The Morgan fingerprint density at radius 2 is 1.93 bits per heavy atom. The summed E-state index contributed by atoms with van der Waals surface area (Å²) >= 11 is 0. The van der Waals surface area contributed by atoms with Crippen LogP contribution in [0.5, 0.6) is 0 Å². The van der Waals surface area contributed by atoms with E-state index in [9.17, 15) is 38.0 Å². The summed E-state index contributed by atoms with van der Waals surface area (Å²) in [5, 5.41) is 12.1. The van der Waals surface area contributed by atoms with E-state index in [-0.39, 0.29) is 25.3 Å². The van der Waals surface area contributed by atoms with E-state index in [0.29, 0.717) is 18.2 Å². The number of halogens is 2. The highest BCUT2D eigenvalue weighted by Crippen LogP contribution is 2.49. The van der Waals surface area contributed by atoms with Gasteiger partial charge in [-0.3, -0.25) is 24.1 Å². The lowest BCUT2D eigenvalue weighted by molar-refractivity contribution is -0.150. The number of nitrogens with zero attached hydrogens (tertiary/aromatic N) is 4. The van der Waals surface area contributed by atoms with Gasteiger partial charge >= 0.3 is 12.1 Å². The Labute approximate surface area is 241 Å². The number of amides is 4. The lowest BCUT2D eigenvalue weighted by atomic mass is 9.79. The zero-order valence-electron chi connectivity index (χ0n) is 23.8. The molecule has 4 atom stereocenters. The summed E-state index contributed by atoms with van der Waals surface area (Å²) in [5.41, 5.74) is -0.261. The Bertz CT molecular complexity index is 1320. The minimum Gasteiger partial charge on any atom is -0.438 e. The number of hydrogen-bond acceptors (Lipinski definition) is 8. The van der Waals surface area contributed by atoms with Crippen molar-refractivity contribution in [2.75, 3.05) is 32.3 Å². The fraction of sp³-hybridized carbons (Fsp3) is 0.571. The Morgan fingerprint density at radius 1 is 1.26 bits per heavy atom. The summed E-state index contributed by atoms with van der Waals surface area (Å²) in [6.45, 7) is 1.08. The van der Waals surface area contributed by atoms with Crippen LogP contribution in [0.25, 0.3) is 0 Å². The molecule has 0 bridgehead atoms. The molecular weight excluding hydrogens is 556 g/mol. The number of nitrogens with one attached hydrogen (secondary N) is 1. The summed E-state index contributed by atoms with van der Waals surface area (Å²) in [6, 6.07) is 5.53. The molecule has 2 aliphatic heterocycles. The highest BCUT2D eigenvalue weighted by Gasteiger charge is 2.59. The van der Waals surface area contributed by atoms with Crippen molar-refractivity contribution >= 4 is 35.5 Å². The van der Waals surface area contributed by atoms with Crippen molar-refractivity contribution in [1.29, 1.82) is 5.26 Å². The highest BCUT2D eigenvalue weighted by atomic mass is 19.3. The molecule has 1 unspecified atom stereocenters. The van der Waals surface area contributed by atoms with E-state index >= 15 is 0 Å². The number of carbonyl (C=O) groups excluding carboxylic acids is 5. The van der Waals surface area contributed by atoms with Crippen LogP contribution < -0.4 is 10.2 Å². The van der Waals surface area contributed by atoms with Crippen LogP contribution >= 0.6 is 0 Å². The lowest BCUT2D eigenvalue weighted by Gasteiger charge is -2.34. The van der Waals surface area contributed by atoms with Crippen molar-refractivity contribution in [3.8, 4) is 6.07 Å². The Balaban J connectivity index is 1.60. The van der Waals surface area contributed by atoms with Crippen LogP contribution in [0.2, 0.25) is 0 Å². The fourth-order valence-corrected chi connectivity index (χ4v) is 5.63. The van der Waals surface area contributed by atoms with Gasteiger partial charge in [-0.1, -0.05) is 31.0 Å². The third kappa shape index (κ3) is 5.73. The maximum Gasteiger partial charge on any atom is 0.509 e. The van der Waals surface area contributed by atoms with Crippen LogP contribution in [-0.4, -0.2) is 91.1 Å². The molecule has 1 aromatic rings. The minimum atomic E-state index is -3.69. The predicted octanol–water partition coefficient (Wildman–Crippen LogP) is 1.92. The van der Waals surface area contributed by atoms with Crippen molar-refractivity contribution in [2.24, 2.45) is 5.92 Å². The zero-order valence-corrected chi connectivity index (χ0v) is 23.8. The van der Waals surface area contributed by atoms with Crippen LogP contribution in [-0.2, 0) is 34.1 Å². The predicted molar refractivity (Wildman–Crippen MR) is 142 cm³/mol. The van der Waals surface area contributed by atoms with Gasteiger partial charge < -0.3 is 24.6 Å². The lowest BCUT2D eigenvalue weighted by Crippen LogP contribution is -2.56. The number of carbonyl (C=O) groups is 5. The summed E-state index contributed by atoms with van der Waals surface area (Å²) in [7, 11) is 2.49. The number of hydrogen-bond donors (Lipinski definition) is 1. The summed E-state index contributed by atoms with van der Waals surface area (Å²) in [5.74, 6) is -6.93. The Hall–Kier alpha value is -4.28. The van der Waals surface area contributed by atoms with Crippen molar-refractivity contribution < 1.29 is 42.2 Å². The van der Waals surface area contributed by atoms with E-state index in [1.807, 2.05) is 5.32 Å². The van der Waals surface area contributed by atoms with Gasteiger partial charge in [0, 0.05) is 26.9 Å². The number of nitriles is 1. The van der Waals surface area contributed by atoms with Gasteiger partial charge in [-0.2, -0.15) is 14.0 Å². The second-order valence-electron chi connectivity index (χ2n) is 11.1. The van der Waals surface area contributed by atoms with E-state index < -0.39 is 66.0 Å². The van der Waals surface area contributed by atoms with Crippen LogP contribution in [0.4, 0.5) is 19.3 Å². The zero-order chi connectivity index (χ0) is 31.0. The number of benzene rings is 1. The molecular formula is C28H33F2N5O7. The van der Waals surface area contributed by atoms with E-state index in [4.69, 9.17) is 4.74 Å². The molecule has 2 heterocycles. The normalized spacial score (nSPS) is 22.7. The maximum absolute atomic E-state index is 14.1. The number of rotatable bonds is 9. The molecule has 0 aromatic heterocycles. The van der Waals surface area contributed by atoms with E-state index in [0.717, 1.165) is 24.9 Å². The molecule has 1 aliphatic carbocycles. The molecule has 2 fully saturated rings. The average molecular weight is 590 g/mol. The number of alkyl halides is 2. The largest absolute Gasteiger partial charge is 0.509 e. The number of likely N-dealkylation sites (tertiary alicyclic amines) is 1. The molecule has 42 heavy (non-hydrogen) atoms. The first-order chi connectivity index (χ1) is 19.7. The molecule has 226 valence electrons. The number of ether oxygens (including phenoxy) is 2. The molecule has 4 amide bonds. The SMILES string of the molecule is COC(=O)OCN1C(=O)[C@]2(C[C@@H](C#N)N(C(=O)[C@H](CC3CC3)N(C)C(=O)C(C)NC(=O)C(C)(F)F)C2)c2ccccc21. The van der Waals surface area contributed by atoms with Gasteiger partial charge in [0.1, 0.15) is 18.1 Å². The van der Waals surface area contributed by atoms with Crippen molar-refractivity contribution in [1.82, 2.24) is 15.1 Å². The summed E-state index contributed by atoms with van der Waals surface area (Å²) < 4.78 is 36.4. The first-order valence-electron chi connectivity index (χ1n) is 13.5. The third-order valence-electron chi connectivity index (χ3n) is 8.10. The molecule has 14 heteroatoms. The molecule has 1 aromatic carbocycles. The Morgan fingerprint density at radius 3 is 2.52 bits per heavy atom. The molecule has 1 saturated heterocycles. The van der Waals surface area contributed by atoms with Crippen LogP contribution in [0, 0.1) is 17.2 Å². The second kappa shape index (κ2) is 11.5. The standard InChI is InChI=1S/C28H33F2N5O7/c1-16(32-24(38)27(2,29)30)22(36)33(3)21(11-17-9-10-17)23(37)34-14-28(12-18(34)13-31)19-7-5-6-8-20(19)35(25(28)39)15-42-26(40)41-4/h5-8,16-18,21H,9-12,14-15H2,1-4H3,(H,32,38)/t16?,18-,21-,28-/m0/s1. The number of para-hydroxylation sites is 1. The van der Waals surface area contributed by atoms with Crippen LogP contribution in [0.1, 0.15) is 45.1 Å². The number of anilines is 1. The van der Waals surface area contributed by atoms with E-state index in [1.54, 1.807) is 24.3 Å². The molecule has 1 spiro atoms. The van der Waals surface area contributed by atoms with Gasteiger partial charge in [0.25, 0.3) is 5.91 Å². The van der Waals surface area contributed by atoms with Gasteiger partial charge in [0.15, 0.2) is 6.73 Å². The van der Waals surface area contributed by atoms with Crippen molar-refractivity contribution in [2.45, 2.75) is 69.0 Å². The number of fused-ring (bicyclic) bond motifs is 2. The van der Waals surface area contributed by atoms with E-state index in [2.05, 4.69) is 10.8 Å². The number of likely N-dealkylation sites (N-methyl/N-ethyl adjacent to an activating group) is 1. The number of methoxy groups -OCH3 is 1. The summed E-state index contributed by atoms with van der Waals surface area (Å²) in [6.07, 6.45) is 0.949. The van der Waals surface area contributed by atoms with Gasteiger partial charge in [-0.15, -0.1) is 0 Å². The third-order valence-corrected chi connectivity index (χ3v) is 8.10. The molecule has 0 radical (unpaired) electrons. The van der Waals surface area contributed by atoms with Gasteiger partial charge in [0.05, 0.1) is 24.3 Å². The molecule has 4 rings (SSSR count). The molecule has 1 N–H and O–H groups in total. The van der Waals surface area contributed by atoms with Gasteiger partial charge in [-0.05, 0) is 30.9 Å². The molecule has 1 saturated carbocycles. The quantitative estimate of drug-likeness (QED) is 0.430. The minimum absolute atomic E-state index is 0.0222. The Kier molecular flexibility index (Phi) is 8.43. The molecule has 3 aliphatic rings. The molecule has 12 nitrogen and oxygen atoms in total. The smallest absolute Gasteiger partial charge is 0.438 e. The monoisotopic (exact) mass is 589 g/mol. The van der Waals surface area contributed by atoms with Gasteiger partial charge in [-0.25, -0.2) is 4.79 Å². The van der Waals surface area contributed by atoms with Crippen LogP contribution in [0.3, 0.4) is 0 Å². The highest BCUT2D eigenvalue weighted by molar-refractivity contribution is 6.09. The topological polar surface area (TPSA) is 149 Å². The summed E-state index contributed by atoms with van der Waals surface area (Å²) in [4.78, 5) is 68.2. The average Bonchev–Trinajstić information content (AvgIpc) is 3.65. The first kappa shape index (κ1) is 30.7. The van der Waals surface area contributed by atoms with Crippen molar-refractivity contribution in [3.05, 3.63) is 29.8 Å². The maximum atomic E-state index is 14.1. The first-order valence-corrected chi connectivity index (χ1v) is 13.5. The fourth-order valence-electron chi connectivity index (χ4n) is 5.63. The van der Waals surface area contributed by atoms with Gasteiger partial charge in [0.2, 0.25) is 17.7 Å². The van der Waals surface area contributed by atoms with Crippen LogP contribution in [0.15, 0.2) is 24.3 Å².